The van der Waals surface area contributed by atoms with Gasteiger partial charge in [-0.25, -0.2) is 4.98 Å². The standard InChI is InChI=1S/C21H23N3O3/c1-14(2)27-17-10-8-16(9-11-17)15(3)23-20(25)13-24-19-7-5-4-6-18(19)22-12-21(24)26/h4-12,14-15H,13H2,1-3H3,(H,23,25). The van der Waals surface area contributed by atoms with E-state index in [0.717, 1.165) is 11.3 Å². The van der Waals surface area contributed by atoms with Crippen molar-refractivity contribution in [2.24, 2.45) is 0 Å². The summed E-state index contributed by atoms with van der Waals surface area (Å²) in [5.74, 6) is 0.561. The molecule has 1 aromatic heterocycles. The van der Waals surface area contributed by atoms with E-state index in [4.69, 9.17) is 4.74 Å². The van der Waals surface area contributed by atoms with E-state index in [-0.39, 0.29) is 30.2 Å². The van der Waals surface area contributed by atoms with Crippen molar-refractivity contribution in [3.05, 3.63) is 70.6 Å². The summed E-state index contributed by atoms with van der Waals surface area (Å²) in [5.41, 5.74) is 1.99. The zero-order valence-electron chi connectivity index (χ0n) is 15.7. The fourth-order valence-corrected chi connectivity index (χ4v) is 2.90. The summed E-state index contributed by atoms with van der Waals surface area (Å²) < 4.78 is 7.07. The predicted molar refractivity (Wildman–Crippen MR) is 105 cm³/mol. The molecule has 6 nitrogen and oxygen atoms in total. The van der Waals surface area contributed by atoms with Crippen LogP contribution in [0.15, 0.2) is 59.5 Å². The summed E-state index contributed by atoms with van der Waals surface area (Å²) in [6.07, 6.45) is 1.36. The van der Waals surface area contributed by atoms with E-state index in [9.17, 15) is 9.59 Å². The minimum absolute atomic E-state index is 0.0548. The minimum atomic E-state index is -0.299. The van der Waals surface area contributed by atoms with Crippen LogP contribution in [0.25, 0.3) is 11.0 Å². The number of benzene rings is 2. The molecule has 1 atom stereocenters. The summed E-state index contributed by atoms with van der Waals surface area (Å²) in [6.45, 7) is 5.80. The number of carbonyl (C=O) groups excluding carboxylic acids is 1. The van der Waals surface area contributed by atoms with Crippen molar-refractivity contribution < 1.29 is 9.53 Å². The van der Waals surface area contributed by atoms with Crippen LogP contribution in [-0.4, -0.2) is 21.6 Å². The Hall–Kier alpha value is -3.15. The van der Waals surface area contributed by atoms with Gasteiger partial charge in [-0.1, -0.05) is 24.3 Å². The van der Waals surface area contributed by atoms with Crippen LogP contribution in [0.5, 0.6) is 5.75 Å². The van der Waals surface area contributed by atoms with Gasteiger partial charge in [-0.3, -0.25) is 14.2 Å². The molecule has 1 heterocycles. The molecular weight excluding hydrogens is 342 g/mol. The number of para-hydroxylation sites is 2. The number of carbonyl (C=O) groups is 1. The molecule has 0 aliphatic heterocycles. The summed E-state index contributed by atoms with van der Waals surface area (Å²) in [5, 5.41) is 2.94. The second-order valence-electron chi connectivity index (χ2n) is 6.70. The number of nitrogens with one attached hydrogen (secondary N) is 1. The van der Waals surface area contributed by atoms with Crippen LogP contribution in [0.1, 0.15) is 32.4 Å². The van der Waals surface area contributed by atoms with Gasteiger partial charge < -0.3 is 10.1 Å². The lowest BCUT2D eigenvalue weighted by atomic mass is 10.1. The van der Waals surface area contributed by atoms with Gasteiger partial charge in [0.05, 0.1) is 29.4 Å². The van der Waals surface area contributed by atoms with Crippen LogP contribution in [0.4, 0.5) is 0 Å². The number of fused-ring (bicyclic) bond motifs is 1. The number of hydrogen-bond donors (Lipinski definition) is 1. The second kappa shape index (κ2) is 8.03. The van der Waals surface area contributed by atoms with Crippen molar-refractivity contribution in [1.29, 1.82) is 0 Å². The molecule has 6 heteroatoms. The summed E-state index contributed by atoms with van der Waals surface area (Å²) in [4.78, 5) is 28.8. The van der Waals surface area contributed by atoms with Crippen molar-refractivity contribution in [2.45, 2.75) is 39.5 Å². The number of aromatic nitrogens is 2. The fraction of sp³-hybridized carbons (Fsp3) is 0.286. The molecule has 27 heavy (non-hydrogen) atoms. The molecule has 140 valence electrons. The first-order valence-electron chi connectivity index (χ1n) is 8.94. The molecule has 0 aliphatic rings. The Morgan fingerprint density at radius 3 is 2.52 bits per heavy atom. The lowest BCUT2D eigenvalue weighted by molar-refractivity contribution is -0.122. The van der Waals surface area contributed by atoms with Crippen molar-refractivity contribution in [3.8, 4) is 5.75 Å². The third kappa shape index (κ3) is 4.53. The zero-order chi connectivity index (χ0) is 19.4. The van der Waals surface area contributed by atoms with E-state index in [1.165, 1.54) is 10.8 Å². The maximum atomic E-state index is 12.5. The molecule has 0 bridgehead atoms. The molecule has 0 fully saturated rings. The van der Waals surface area contributed by atoms with Crippen molar-refractivity contribution in [1.82, 2.24) is 14.9 Å². The van der Waals surface area contributed by atoms with Gasteiger partial charge in [0.2, 0.25) is 5.91 Å². The first-order valence-corrected chi connectivity index (χ1v) is 8.94. The Balaban J connectivity index is 1.71. The number of rotatable bonds is 6. The van der Waals surface area contributed by atoms with Crippen molar-refractivity contribution in [3.63, 3.8) is 0 Å². The van der Waals surface area contributed by atoms with Crippen LogP contribution >= 0.6 is 0 Å². The Morgan fingerprint density at radius 2 is 1.81 bits per heavy atom. The predicted octanol–water partition coefficient (Wildman–Crippen LogP) is 3.06. The first-order chi connectivity index (χ1) is 12.9. The first kappa shape index (κ1) is 18.6. The molecule has 3 aromatic rings. The fourth-order valence-electron chi connectivity index (χ4n) is 2.90. The number of amides is 1. The number of ether oxygens (including phenoxy) is 1. The highest BCUT2D eigenvalue weighted by Crippen LogP contribution is 2.18. The normalized spacial score (nSPS) is 12.1. The Kier molecular flexibility index (Phi) is 5.54. The van der Waals surface area contributed by atoms with Gasteiger partial charge in [-0.2, -0.15) is 0 Å². The maximum Gasteiger partial charge on any atom is 0.269 e. The quantitative estimate of drug-likeness (QED) is 0.729. The third-order valence-electron chi connectivity index (χ3n) is 4.18. The maximum absolute atomic E-state index is 12.5. The smallest absolute Gasteiger partial charge is 0.269 e. The molecule has 0 saturated carbocycles. The van der Waals surface area contributed by atoms with E-state index >= 15 is 0 Å². The van der Waals surface area contributed by atoms with Crippen LogP contribution in [0, 0.1) is 0 Å². The summed E-state index contributed by atoms with van der Waals surface area (Å²) in [6, 6.07) is 14.7. The SMILES string of the molecule is CC(C)Oc1ccc(C(C)NC(=O)Cn2c(=O)cnc3ccccc32)cc1. The molecule has 0 spiro atoms. The Morgan fingerprint density at radius 1 is 1.11 bits per heavy atom. The monoisotopic (exact) mass is 365 g/mol. The average molecular weight is 365 g/mol. The van der Waals surface area contributed by atoms with Crippen LogP contribution in [0.3, 0.4) is 0 Å². The molecule has 0 radical (unpaired) electrons. The average Bonchev–Trinajstić information content (AvgIpc) is 2.64. The lowest BCUT2D eigenvalue weighted by Crippen LogP contribution is -2.34. The second-order valence-corrected chi connectivity index (χ2v) is 6.70. The number of nitrogens with zero attached hydrogens (tertiary/aromatic N) is 2. The zero-order valence-corrected chi connectivity index (χ0v) is 15.7. The highest BCUT2D eigenvalue weighted by atomic mass is 16.5. The van der Waals surface area contributed by atoms with Crippen LogP contribution in [-0.2, 0) is 11.3 Å². The highest BCUT2D eigenvalue weighted by Gasteiger charge is 2.13. The topological polar surface area (TPSA) is 73.2 Å². The molecule has 1 amide bonds. The molecule has 2 aromatic carbocycles. The van der Waals surface area contributed by atoms with Gasteiger partial charge >= 0.3 is 0 Å². The summed E-state index contributed by atoms with van der Waals surface area (Å²) in [7, 11) is 0. The van der Waals surface area contributed by atoms with E-state index < -0.39 is 0 Å². The molecule has 0 aliphatic carbocycles. The van der Waals surface area contributed by atoms with E-state index in [1.54, 1.807) is 6.07 Å². The highest BCUT2D eigenvalue weighted by molar-refractivity contribution is 5.80. The van der Waals surface area contributed by atoms with E-state index in [1.807, 2.05) is 63.2 Å². The van der Waals surface area contributed by atoms with E-state index in [0.29, 0.717) is 11.0 Å². The molecule has 0 saturated heterocycles. The van der Waals surface area contributed by atoms with Crippen molar-refractivity contribution >= 4 is 16.9 Å². The largest absolute Gasteiger partial charge is 0.491 e. The van der Waals surface area contributed by atoms with Gasteiger partial charge in [-0.15, -0.1) is 0 Å². The Bertz CT molecular complexity index is 993. The lowest BCUT2D eigenvalue weighted by Gasteiger charge is -2.17. The summed E-state index contributed by atoms with van der Waals surface area (Å²) >= 11 is 0. The van der Waals surface area contributed by atoms with Crippen LogP contribution < -0.4 is 15.6 Å². The van der Waals surface area contributed by atoms with Gasteiger partial charge in [0.15, 0.2) is 0 Å². The molecule has 3 rings (SSSR count). The minimum Gasteiger partial charge on any atom is -0.491 e. The molecular formula is C21H23N3O3. The van der Waals surface area contributed by atoms with Gasteiger partial charge in [-0.05, 0) is 50.6 Å². The molecule has 1 unspecified atom stereocenters. The Labute approximate surface area is 157 Å². The van der Waals surface area contributed by atoms with Gasteiger partial charge in [0, 0.05) is 0 Å². The van der Waals surface area contributed by atoms with E-state index in [2.05, 4.69) is 10.3 Å². The molecule has 1 N–H and O–H groups in total. The van der Waals surface area contributed by atoms with Crippen molar-refractivity contribution in [2.75, 3.05) is 0 Å². The van der Waals surface area contributed by atoms with Gasteiger partial charge in [0.25, 0.3) is 5.56 Å². The third-order valence-corrected chi connectivity index (χ3v) is 4.18. The van der Waals surface area contributed by atoms with Gasteiger partial charge in [0.1, 0.15) is 12.3 Å². The van der Waals surface area contributed by atoms with Crippen LogP contribution in [0.2, 0.25) is 0 Å². The number of hydrogen-bond acceptors (Lipinski definition) is 4.